The van der Waals surface area contributed by atoms with Gasteiger partial charge in [0.05, 0.1) is 5.92 Å². The second-order valence-corrected chi connectivity index (χ2v) is 4.92. The first-order chi connectivity index (χ1) is 8.09. The van der Waals surface area contributed by atoms with E-state index in [0.29, 0.717) is 6.54 Å². The van der Waals surface area contributed by atoms with Gasteiger partial charge in [0.15, 0.2) is 0 Å². The summed E-state index contributed by atoms with van der Waals surface area (Å²) in [7, 11) is 0. The van der Waals surface area contributed by atoms with E-state index in [1.165, 1.54) is 0 Å². The first-order valence-corrected chi connectivity index (χ1v) is 6.18. The molecule has 0 amide bonds. The van der Waals surface area contributed by atoms with Gasteiger partial charge in [0.2, 0.25) is 0 Å². The van der Waals surface area contributed by atoms with Gasteiger partial charge in [-0.3, -0.25) is 9.69 Å². The highest BCUT2D eigenvalue weighted by atomic mass is 35.5. The molecule has 0 radical (unpaired) electrons. The highest BCUT2D eigenvalue weighted by Crippen LogP contribution is 2.31. The van der Waals surface area contributed by atoms with Gasteiger partial charge in [0.1, 0.15) is 0 Å². The SMILES string of the molecule is CC(c1ccccc1Cl)N1CCC(C(=O)O)C1.Cl. The molecule has 0 saturated carbocycles. The smallest absolute Gasteiger partial charge is 0.307 e. The van der Waals surface area contributed by atoms with Gasteiger partial charge in [-0.1, -0.05) is 29.8 Å². The van der Waals surface area contributed by atoms with Gasteiger partial charge < -0.3 is 5.11 Å². The van der Waals surface area contributed by atoms with Crippen molar-refractivity contribution in [1.29, 1.82) is 0 Å². The monoisotopic (exact) mass is 289 g/mol. The van der Waals surface area contributed by atoms with Crippen LogP contribution in [0.5, 0.6) is 0 Å². The molecule has 0 spiro atoms. The average Bonchev–Trinajstić information content (AvgIpc) is 2.78. The zero-order valence-corrected chi connectivity index (χ0v) is 11.7. The molecule has 1 N–H and O–H groups in total. The summed E-state index contributed by atoms with van der Waals surface area (Å²) in [5, 5.41) is 9.73. The predicted octanol–water partition coefficient (Wildman–Crippen LogP) is 3.23. The van der Waals surface area contributed by atoms with Crippen molar-refractivity contribution in [2.75, 3.05) is 13.1 Å². The fourth-order valence-electron chi connectivity index (χ4n) is 2.35. The number of hydrogen-bond donors (Lipinski definition) is 1. The topological polar surface area (TPSA) is 40.5 Å². The Morgan fingerprint density at radius 2 is 2.17 bits per heavy atom. The van der Waals surface area contributed by atoms with Crippen molar-refractivity contribution in [3.05, 3.63) is 34.9 Å². The summed E-state index contributed by atoms with van der Waals surface area (Å²) in [6.45, 7) is 3.51. The Morgan fingerprint density at radius 1 is 1.50 bits per heavy atom. The molecule has 3 nitrogen and oxygen atoms in total. The van der Waals surface area contributed by atoms with Crippen LogP contribution in [0, 0.1) is 5.92 Å². The number of aliphatic carboxylic acids is 1. The van der Waals surface area contributed by atoms with Gasteiger partial charge in [-0.25, -0.2) is 0 Å². The van der Waals surface area contributed by atoms with Gasteiger partial charge >= 0.3 is 5.97 Å². The maximum atomic E-state index is 10.9. The third kappa shape index (κ3) is 3.16. The van der Waals surface area contributed by atoms with Gasteiger partial charge in [0, 0.05) is 17.6 Å². The maximum Gasteiger partial charge on any atom is 0.307 e. The number of halogens is 2. The van der Waals surface area contributed by atoms with E-state index in [1.807, 2.05) is 24.3 Å². The summed E-state index contributed by atoms with van der Waals surface area (Å²) in [5.41, 5.74) is 1.07. The lowest BCUT2D eigenvalue weighted by atomic mass is 10.1. The summed E-state index contributed by atoms with van der Waals surface area (Å²) >= 11 is 6.15. The van der Waals surface area contributed by atoms with E-state index in [2.05, 4.69) is 11.8 Å². The molecule has 1 fully saturated rings. The quantitative estimate of drug-likeness (QED) is 0.929. The minimum atomic E-state index is -0.696. The number of likely N-dealkylation sites (tertiary alicyclic amines) is 1. The van der Waals surface area contributed by atoms with Gasteiger partial charge in [-0.05, 0) is 31.5 Å². The summed E-state index contributed by atoms with van der Waals surface area (Å²) in [5.74, 6) is -0.932. The minimum absolute atomic E-state index is 0. The van der Waals surface area contributed by atoms with E-state index in [9.17, 15) is 4.79 Å². The van der Waals surface area contributed by atoms with Crippen LogP contribution in [0.3, 0.4) is 0 Å². The number of nitrogens with zero attached hydrogens (tertiary/aromatic N) is 1. The van der Waals surface area contributed by atoms with E-state index in [1.54, 1.807) is 0 Å². The van der Waals surface area contributed by atoms with Crippen LogP contribution in [0.2, 0.25) is 5.02 Å². The number of carboxylic acids is 1. The van der Waals surface area contributed by atoms with E-state index in [-0.39, 0.29) is 24.4 Å². The first kappa shape index (κ1) is 15.3. The molecule has 5 heteroatoms. The van der Waals surface area contributed by atoms with Crippen molar-refractivity contribution in [3.63, 3.8) is 0 Å². The number of rotatable bonds is 3. The first-order valence-electron chi connectivity index (χ1n) is 5.81. The van der Waals surface area contributed by atoms with Crippen molar-refractivity contribution in [3.8, 4) is 0 Å². The molecule has 1 aromatic carbocycles. The van der Waals surface area contributed by atoms with Crippen LogP contribution in [0.1, 0.15) is 24.9 Å². The third-order valence-electron chi connectivity index (χ3n) is 3.47. The van der Waals surface area contributed by atoms with Crippen LogP contribution in [-0.4, -0.2) is 29.1 Å². The highest BCUT2D eigenvalue weighted by Gasteiger charge is 2.31. The average molecular weight is 290 g/mol. The Hall–Kier alpha value is -0.770. The second-order valence-electron chi connectivity index (χ2n) is 4.52. The molecule has 2 rings (SSSR count). The Labute approximate surface area is 118 Å². The van der Waals surface area contributed by atoms with Crippen LogP contribution in [0.15, 0.2) is 24.3 Å². The standard InChI is InChI=1S/C13H16ClNO2.ClH/c1-9(11-4-2-3-5-12(11)14)15-7-6-10(8-15)13(16)17;/h2-5,9-10H,6-8H2,1H3,(H,16,17);1H. The summed E-state index contributed by atoms with van der Waals surface area (Å²) in [4.78, 5) is 13.1. The Morgan fingerprint density at radius 3 is 2.72 bits per heavy atom. The summed E-state index contributed by atoms with van der Waals surface area (Å²) in [6, 6.07) is 7.91. The minimum Gasteiger partial charge on any atom is -0.481 e. The lowest BCUT2D eigenvalue weighted by Crippen LogP contribution is -2.26. The predicted molar refractivity (Wildman–Crippen MR) is 74.4 cm³/mol. The molecule has 0 bridgehead atoms. The molecule has 1 aliphatic heterocycles. The van der Waals surface area contributed by atoms with Crippen LogP contribution in [-0.2, 0) is 4.79 Å². The van der Waals surface area contributed by atoms with Crippen molar-refractivity contribution in [2.24, 2.45) is 5.92 Å². The molecule has 2 atom stereocenters. The van der Waals surface area contributed by atoms with Crippen LogP contribution in [0.4, 0.5) is 0 Å². The molecule has 1 aliphatic rings. The van der Waals surface area contributed by atoms with Gasteiger partial charge in [-0.15, -0.1) is 12.4 Å². The van der Waals surface area contributed by atoms with Crippen LogP contribution >= 0.6 is 24.0 Å². The number of carboxylic acid groups (broad SMARTS) is 1. The highest BCUT2D eigenvalue weighted by molar-refractivity contribution is 6.31. The summed E-state index contributed by atoms with van der Waals surface area (Å²) < 4.78 is 0. The maximum absolute atomic E-state index is 10.9. The molecule has 2 unspecified atom stereocenters. The van der Waals surface area contributed by atoms with E-state index >= 15 is 0 Å². The molecule has 1 heterocycles. The largest absolute Gasteiger partial charge is 0.481 e. The molecular formula is C13H17Cl2NO2. The Kier molecular flexibility index (Phi) is 5.45. The van der Waals surface area contributed by atoms with Crippen LogP contribution in [0.25, 0.3) is 0 Å². The molecule has 1 saturated heterocycles. The molecule has 100 valence electrons. The molecule has 0 aromatic heterocycles. The number of benzene rings is 1. The van der Waals surface area contributed by atoms with Gasteiger partial charge in [0.25, 0.3) is 0 Å². The second kappa shape index (κ2) is 6.41. The molecule has 18 heavy (non-hydrogen) atoms. The van der Waals surface area contributed by atoms with Crippen molar-refractivity contribution in [2.45, 2.75) is 19.4 Å². The lowest BCUT2D eigenvalue weighted by Gasteiger charge is -2.25. The third-order valence-corrected chi connectivity index (χ3v) is 3.82. The fraction of sp³-hybridized carbons (Fsp3) is 0.462. The molecule has 1 aromatic rings. The molecular weight excluding hydrogens is 273 g/mol. The Bertz CT molecular complexity index is 425. The number of carbonyl (C=O) groups is 1. The van der Waals surface area contributed by atoms with E-state index in [0.717, 1.165) is 23.6 Å². The van der Waals surface area contributed by atoms with E-state index in [4.69, 9.17) is 16.7 Å². The zero-order valence-electron chi connectivity index (χ0n) is 10.2. The van der Waals surface area contributed by atoms with Crippen molar-refractivity contribution in [1.82, 2.24) is 4.90 Å². The lowest BCUT2D eigenvalue weighted by molar-refractivity contribution is -0.141. The van der Waals surface area contributed by atoms with Crippen molar-refractivity contribution >= 4 is 30.0 Å². The number of hydrogen-bond acceptors (Lipinski definition) is 2. The van der Waals surface area contributed by atoms with Gasteiger partial charge in [-0.2, -0.15) is 0 Å². The van der Waals surface area contributed by atoms with Crippen molar-refractivity contribution < 1.29 is 9.90 Å². The molecule has 0 aliphatic carbocycles. The summed E-state index contributed by atoms with van der Waals surface area (Å²) in [6.07, 6.45) is 0.726. The fourth-order valence-corrected chi connectivity index (χ4v) is 2.64. The normalized spacial score (nSPS) is 21.3. The Balaban J connectivity index is 0.00000162. The van der Waals surface area contributed by atoms with E-state index < -0.39 is 5.97 Å². The van der Waals surface area contributed by atoms with Crippen LogP contribution < -0.4 is 0 Å². The zero-order chi connectivity index (χ0) is 12.4.